The summed E-state index contributed by atoms with van der Waals surface area (Å²) in [4.78, 5) is 1.68. The number of para-hydroxylation sites is 1. The van der Waals surface area contributed by atoms with Crippen LogP contribution in [0.2, 0.25) is 10.0 Å². The topological polar surface area (TPSA) is 20.2 Å². The molecule has 82 valence electrons. The molecule has 0 spiro atoms. The third-order valence-electron chi connectivity index (χ3n) is 1.93. The zero-order valence-electron chi connectivity index (χ0n) is 8.15. The van der Waals surface area contributed by atoms with E-state index in [9.17, 15) is 5.11 Å². The summed E-state index contributed by atoms with van der Waals surface area (Å²) in [6.07, 6.45) is 0. The second kappa shape index (κ2) is 5.00. The average Bonchev–Trinajstić information content (AvgIpc) is 2.20. The molecule has 2 aromatic rings. The number of hydrogen-bond acceptors (Lipinski definition) is 2. The quantitative estimate of drug-likeness (QED) is 0.842. The van der Waals surface area contributed by atoms with Gasteiger partial charge in [0.15, 0.2) is 0 Å². The lowest BCUT2D eigenvalue weighted by atomic mass is 10.3. The van der Waals surface area contributed by atoms with Crippen LogP contribution in [-0.2, 0) is 0 Å². The molecular weight excluding hydrogens is 263 g/mol. The molecule has 0 aliphatic carbocycles. The molecule has 2 aromatic carbocycles. The van der Waals surface area contributed by atoms with E-state index in [0.29, 0.717) is 10.0 Å². The van der Waals surface area contributed by atoms with Crippen molar-refractivity contribution < 1.29 is 5.11 Å². The van der Waals surface area contributed by atoms with Crippen LogP contribution in [0.4, 0.5) is 0 Å². The SMILES string of the molecule is Oc1ccccc1Sc1cc(Cl)cc(Cl)c1. The van der Waals surface area contributed by atoms with E-state index >= 15 is 0 Å². The monoisotopic (exact) mass is 270 g/mol. The van der Waals surface area contributed by atoms with Gasteiger partial charge in [0.1, 0.15) is 5.75 Å². The molecule has 0 aliphatic rings. The van der Waals surface area contributed by atoms with Gasteiger partial charge in [-0.25, -0.2) is 0 Å². The van der Waals surface area contributed by atoms with Crippen molar-refractivity contribution in [3.05, 3.63) is 52.5 Å². The van der Waals surface area contributed by atoms with Crippen molar-refractivity contribution in [2.75, 3.05) is 0 Å². The first-order valence-corrected chi connectivity index (χ1v) is 6.14. The fraction of sp³-hybridized carbons (Fsp3) is 0. The zero-order valence-corrected chi connectivity index (χ0v) is 10.5. The summed E-state index contributed by atoms with van der Waals surface area (Å²) in [5.41, 5.74) is 0. The van der Waals surface area contributed by atoms with E-state index in [1.807, 2.05) is 24.3 Å². The summed E-state index contributed by atoms with van der Waals surface area (Å²) >= 11 is 13.2. The standard InChI is InChI=1S/C12H8Cl2OS/c13-8-5-9(14)7-10(6-8)16-12-4-2-1-3-11(12)15/h1-7,15H. The Morgan fingerprint density at radius 2 is 1.56 bits per heavy atom. The van der Waals surface area contributed by atoms with Gasteiger partial charge in [0, 0.05) is 14.9 Å². The zero-order chi connectivity index (χ0) is 11.5. The highest BCUT2D eigenvalue weighted by Crippen LogP contribution is 2.36. The average molecular weight is 271 g/mol. The first-order valence-electron chi connectivity index (χ1n) is 4.57. The summed E-state index contributed by atoms with van der Waals surface area (Å²) in [6, 6.07) is 12.4. The lowest BCUT2D eigenvalue weighted by molar-refractivity contribution is 0.462. The van der Waals surface area contributed by atoms with Gasteiger partial charge in [-0.2, -0.15) is 0 Å². The summed E-state index contributed by atoms with van der Waals surface area (Å²) < 4.78 is 0. The Balaban J connectivity index is 2.30. The van der Waals surface area contributed by atoms with Gasteiger partial charge in [0.25, 0.3) is 0 Å². The Bertz CT molecular complexity index is 494. The minimum Gasteiger partial charge on any atom is -0.507 e. The van der Waals surface area contributed by atoms with E-state index in [1.165, 1.54) is 11.8 Å². The minimum atomic E-state index is 0.253. The third-order valence-corrected chi connectivity index (χ3v) is 3.40. The predicted molar refractivity (Wildman–Crippen MR) is 68.7 cm³/mol. The van der Waals surface area contributed by atoms with Crippen molar-refractivity contribution >= 4 is 35.0 Å². The number of aromatic hydroxyl groups is 1. The van der Waals surface area contributed by atoms with E-state index in [0.717, 1.165) is 9.79 Å². The van der Waals surface area contributed by atoms with Crippen LogP contribution < -0.4 is 0 Å². The highest BCUT2D eigenvalue weighted by atomic mass is 35.5. The van der Waals surface area contributed by atoms with Crippen LogP contribution in [-0.4, -0.2) is 5.11 Å². The van der Waals surface area contributed by atoms with Gasteiger partial charge in [-0.05, 0) is 30.3 Å². The van der Waals surface area contributed by atoms with Crippen molar-refractivity contribution in [2.45, 2.75) is 9.79 Å². The molecule has 0 fully saturated rings. The number of benzene rings is 2. The number of phenols is 1. The Morgan fingerprint density at radius 1 is 0.938 bits per heavy atom. The van der Waals surface area contributed by atoms with Crippen LogP contribution in [0.25, 0.3) is 0 Å². The lowest BCUT2D eigenvalue weighted by Crippen LogP contribution is -1.76. The van der Waals surface area contributed by atoms with E-state index < -0.39 is 0 Å². The van der Waals surface area contributed by atoms with Crippen LogP contribution in [0.1, 0.15) is 0 Å². The summed E-state index contributed by atoms with van der Waals surface area (Å²) in [5, 5.41) is 10.8. The predicted octanol–water partition coefficient (Wildman–Crippen LogP) is 4.85. The largest absolute Gasteiger partial charge is 0.507 e. The maximum atomic E-state index is 9.62. The highest BCUT2D eigenvalue weighted by molar-refractivity contribution is 7.99. The van der Waals surface area contributed by atoms with Gasteiger partial charge in [-0.3, -0.25) is 0 Å². The van der Waals surface area contributed by atoms with Crippen LogP contribution in [0.15, 0.2) is 52.3 Å². The molecule has 0 atom stereocenters. The molecule has 0 amide bonds. The van der Waals surface area contributed by atoms with Crippen molar-refractivity contribution in [2.24, 2.45) is 0 Å². The van der Waals surface area contributed by atoms with Gasteiger partial charge in [-0.15, -0.1) is 0 Å². The molecular formula is C12H8Cl2OS. The molecule has 0 saturated heterocycles. The maximum absolute atomic E-state index is 9.62. The van der Waals surface area contributed by atoms with Gasteiger partial charge in [0.05, 0.1) is 4.90 Å². The number of hydrogen-bond donors (Lipinski definition) is 1. The molecule has 0 heterocycles. The molecule has 0 saturated carbocycles. The molecule has 1 nitrogen and oxygen atoms in total. The fourth-order valence-corrected chi connectivity index (χ4v) is 2.86. The number of halogens is 2. The molecule has 0 radical (unpaired) electrons. The van der Waals surface area contributed by atoms with Crippen LogP contribution >= 0.6 is 35.0 Å². The summed E-state index contributed by atoms with van der Waals surface area (Å²) in [7, 11) is 0. The molecule has 2 rings (SSSR count). The normalized spacial score (nSPS) is 10.4. The Labute approximate surface area is 108 Å². The molecule has 0 aliphatic heterocycles. The Morgan fingerprint density at radius 3 is 2.19 bits per heavy atom. The van der Waals surface area contributed by atoms with Crippen molar-refractivity contribution in [3.8, 4) is 5.75 Å². The number of phenolic OH excluding ortho intramolecular Hbond substituents is 1. The lowest BCUT2D eigenvalue weighted by Gasteiger charge is -2.04. The molecule has 16 heavy (non-hydrogen) atoms. The molecule has 0 aromatic heterocycles. The van der Waals surface area contributed by atoms with Gasteiger partial charge >= 0.3 is 0 Å². The molecule has 4 heteroatoms. The fourth-order valence-electron chi connectivity index (χ4n) is 1.26. The first-order chi connectivity index (χ1) is 7.65. The van der Waals surface area contributed by atoms with E-state index in [2.05, 4.69) is 0 Å². The smallest absolute Gasteiger partial charge is 0.129 e. The van der Waals surface area contributed by atoms with Crippen molar-refractivity contribution in [1.82, 2.24) is 0 Å². The summed E-state index contributed by atoms with van der Waals surface area (Å²) in [5.74, 6) is 0.253. The third kappa shape index (κ3) is 2.85. The molecule has 0 unspecified atom stereocenters. The molecule has 1 N–H and O–H groups in total. The van der Waals surface area contributed by atoms with Crippen LogP contribution in [0.5, 0.6) is 5.75 Å². The van der Waals surface area contributed by atoms with Crippen LogP contribution in [0, 0.1) is 0 Å². The Kier molecular flexibility index (Phi) is 3.64. The van der Waals surface area contributed by atoms with E-state index in [-0.39, 0.29) is 5.75 Å². The second-order valence-corrected chi connectivity index (χ2v) is 5.16. The van der Waals surface area contributed by atoms with Gasteiger partial charge < -0.3 is 5.11 Å². The highest BCUT2D eigenvalue weighted by Gasteiger charge is 2.04. The van der Waals surface area contributed by atoms with Crippen molar-refractivity contribution in [1.29, 1.82) is 0 Å². The van der Waals surface area contributed by atoms with Crippen molar-refractivity contribution in [3.63, 3.8) is 0 Å². The second-order valence-electron chi connectivity index (χ2n) is 3.17. The van der Waals surface area contributed by atoms with Gasteiger partial charge in [0.2, 0.25) is 0 Å². The summed E-state index contributed by atoms with van der Waals surface area (Å²) in [6.45, 7) is 0. The van der Waals surface area contributed by atoms with E-state index in [1.54, 1.807) is 18.2 Å². The maximum Gasteiger partial charge on any atom is 0.129 e. The number of rotatable bonds is 2. The van der Waals surface area contributed by atoms with Crippen LogP contribution in [0.3, 0.4) is 0 Å². The minimum absolute atomic E-state index is 0.253. The molecule has 0 bridgehead atoms. The first kappa shape index (κ1) is 11.6. The van der Waals surface area contributed by atoms with Gasteiger partial charge in [-0.1, -0.05) is 47.1 Å². The Hall–Kier alpha value is -0.830. The van der Waals surface area contributed by atoms with E-state index in [4.69, 9.17) is 23.2 Å².